The molecular weight excluding hydrogens is 753 g/mol. The summed E-state index contributed by atoms with van der Waals surface area (Å²) in [5.74, 6) is 0.690. The van der Waals surface area contributed by atoms with Gasteiger partial charge in [-0.1, -0.05) is 176 Å². The van der Waals surface area contributed by atoms with Crippen molar-refractivity contribution in [3.8, 4) is 67.5 Å². The summed E-state index contributed by atoms with van der Waals surface area (Å²) in [7, 11) is 0. The molecule has 0 aliphatic rings. The zero-order valence-electron chi connectivity index (χ0n) is 33.7. The highest BCUT2D eigenvalue weighted by atomic mass is 15.0. The lowest BCUT2D eigenvalue weighted by atomic mass is 9.91. The second-order valence-corrected chi connectivity index (χ2v) is 15.8. The Morgan fingerprint density at radius 2 is 0.677 bits per heavy atom. The molecule has 0 saturated heterocycles. The first-order valence-electron chi connectivity index (χ1n) is 21.1. The predicted molar refractivity (Wildman–Crippen MR) is 258 cm³/mol. The number of hydrogen-bond acceptors (Lipinski definition) is 2. The summed E-state index contributed by atoms with van der Waals surface area (Å²) in [6.07, 6.45) is 0. The first-order valence-corrected chi connectivity index (χ1v) is 21.1. The number of fused-ring (bicyclic) bond motifs is 6. The first kappa shape index (κ1) is 35.6. The van der Waals surface area contributed by atoms with Crippen LogP contribution in [0.5, 0.6) is 0 Å². The maximum Gasteiger partial charge on any atom is 0.160 e. The van der Waals surface area contributed by atoms with Gasteiger partial charge in [-0.3, -0.25) is 0 Å². The molecule has 0 N–H and O–H groups in total. The van der Waals surface area contributed by atoms with Crippen LogP contribution < -0.4 is 0 Å². The van der Waals surface area contributed by atoms with Gasteiger partial charge in [-0.25, -0.2) is 9.97 Å². The molecule has 0 fully saturated rings. The molecule has 62 heavy (non-hydrogen) atoms. The minimum absolute atomic E-state index is 0.690. The zero-order valence-corrected chi connectivity index (χ0v) is 33.7. The van der Waals surface area contributed by atoms with Crippen LogP contribution in [-0.2, 0) is 0 Å². The highest BCUT2D eigenvalue weighted by molar-refractivity contribution is 6.13. The molecule has 0 atom stereocenters. The zero-order chi connectivity index (χ0) is 41.0. The van der Waals surface area contributed by atoms with Crippen molar-refractivity contribution in [3.05, 3.63) is 231 Å². The van der Waals surface area contributed by atoms with E-state index < -0.39 is 0 Å². The van der Waals surface area contributed by atoms with Gasteiger partial charge in [0.05, 0.1) is 39.1 Å². The van der Waals surface area contributed by atoms with Gasteiger partial charge in [0.25, 0.3) is 0 Å². The third kappa shape index (κ3) is 5.92. The predicted octanol–water partition coefficient (Wildman–Crippen LogP) is 15.0. The molecule has 0 bridgehead atoms. The topological polar surface area (TPSA) is 35.6 Å². The van der Waals surface area contributed by atoms with E-state index >= 15 is 0 Å². The summed E-state index contributed by atoms with van der Waals surface area (Å²) in [4.78, 5) is 10.4. The number of benzene rings is 9. The van der Waals surface area contributed by atoms with E-state index in [2.05, 4.69) is 215 Å². The maximum absolute atomic E-state index is 5.32. The summed E-state index contributed by atoms with van der Waals surface area (Å²) < 4.78 is 4.89. The first-order chi connectivity index (χ1) is 30.8. The van der Waals surface area contributed by atoms with Crippen molar-refractivity contribution in [3.63, 3.8) is 0 Å². The van der Waals surface area contributed by atoms with E-state index in [-0.39, 0.29) is 0 Å². The Labute approximate surface area is 359 Å². The molecule has 0 spiro atoms. The fraction of sp³-hybridized carbons (Fsp3) is 0. The van der Waals surface area contributed by atoms with Crippen LogP contribution in [0.15, 0.2) is 231 Å². The van der Waals surface area contributed by atoms with E-state index in [4.69, 9.17) is 9.97 Å². The average molecular weight is 791 g/mol. The highest BCUT2D eigenvalue weighted by Crippen LogP contribution is 2.45. The number of rotatable bonds is 7. The third-order valence-corrected chi connectivity index (χ3v) is 12.1. The molecule has 0 saturated carbocycles. The molecule has 0 aliphatic heterocycles. The number of para-hydroxylation sites is 3. The lowest BCUT2D eigenvalue weighted by Crippen LogP contribution is -2.03. The van der Waals surface area contributed by atoms with E-state index in [9.17, 15) is 0 Å². The van der Waals surface area contributed by atoms with E-state index in [1.165, 1.54) is 32.6 Å². The van der Waals surface area contributed by atoms with Crippen LogP contribution >= 0.6 is 0 Å². The second-order valence-electron chi connectivity index (χ2n) is 15.8. The molecule has 0 radical (unpaired) electrons. The summed E-state index contributed by atoms with van der Waals surface area (Å²) >= 11 is 0. The standard InChI is InChI=1S/C58H38N4/c1-5-19-39(20-6-1)48-35-43(52-38-51(41-23-9-3-10-24-41)59-58(60-52)42-25-11-4-12-26-42)36-49(40-21-7-2-8-22-40)57(48)62-55-32-18-15-29-47(55)50-37-44(33-34-56(50)62)61-53-30-16-13-27-45(53)46-28-14-17-31-54(46)61/h1-38H. The Morgan fingerprint density at radius 1 is 0.274 bits per heavy atom. The van der Waals surface area contributed by atoms with Crippen molar-refractivity contribution in [2.24, 2.45) is 0 Å². The molecule has 9 aromatic carbocycles. The number of aromatic nitrogens is 4. The molecule has 0 amide bonds. The number of hydrogen-bond donors (Lipinski definition) is 0. The van der Waals surface area contributed by atoms with Crippen LogP contribution in [0.3, 0.4) is 0 Å². The lowest BCUT2D eigenvalue weighted by molar-refractivity contribution is 1.16. The fourth-order valence-corrected chi connectivity index (χ4v) is 9.31. The van der Waals surface area contributed by atoms with Crippen LogP contribution in [-0.4, -0.2) is 19.1 Å². The van der Waals surface area contributed by atoms with Gasteiger partial charge in [0, 0.05) is 55.0 Å². The van der Waals surface area contributed by atoms with Crippen LogP contribution in [0.1, 0.15) is 0 Å². The summed E-state index contributed by atoms with van der Waals surface area (Å²) in [6, 6.07) is 82.3. The molecule has 12 rings (SSSR count). The normalized spacial score (nSPS) is 11.5. The Morgan fingerprint density at radius 3 is 1.21 bits per heavy atom. The van der Waals surface area contributed by atoms with Crippen LogP contribution in [0.4, 0.5) is 0 Å². The quantitative estimate of drug-likeness (QED) is 0.161. The second kappa shape index (κ2) is 14.7. The van der Waals surface area contributed by atoms with E-state index in [1.54, 1.807) is 0 Å². The molecule has 0 aliphatic carbocycles. The van der Waals surface area contributed by atoms with Gasteiger partial charge < -0.3 is 9.13 Å². The van der Waals surface area contributed by atoms with Crippen LogP contribution in [0.2, 0.25) is 0 Å². The minimum Gasteiger partial charge on any atom is -0.309 e. The van der Waals surface area contributed by atoms with Crippen LogP contribution in [0, 0.1) is 0 Å². The Bertz CT molecular complexity index is 3440. The molecule has 4 nitrogen and oxygen atoms in total. The molecule has 4 heteroatoms. The highest BCUT2D eigenvalue weighted by Gasteiger charge is 2.23. The summed E-state index contributed by atoms with van der Waals surface area (Å²) in [5, 5.41) is 4.89. The van der Waals surface area contributed by atoms with Crippen molar-refractivity contribution >= 4 is 43.6 Å². The molecule has 3 aromatic heterocycles. The SMILES string of the molecule is c1ccc(-c2cc(-c3cc(-c4ccccc4)c(-n4c5ccccc5c5cc(-n6c7ccccc7c7ccccc76)ccc54)c(-c4ccccc4)c3)nc(-c3ccccc3)n2)cc1. The monoisotopic (exact) mass is 790 g/mol. The van der Waals surface area contributed by atoms with Crippen molar-refractivity contribution < 1.29 is 0 Å². The molecule has 290 valence electrons. The molecule has 12 aromatic rings. The summed E-state index contributed by atoms with van der Waals surface area (Å²) in [6.45, 7) is 0. The maximum atomic E-state index is 5.32. The van der Waals surface area contributed by atoms with Crippen molar-refractivity contribution in [1.82, 2.24) is 19.1 Å². The van der Waals surface area contributed by atoms with Gasteiger partial charge in [0.2, 0.25) is 0 Å². The van der Waals surface area contributed by atoms with Gasteiger partial charge in [-0.05, 0) is 65.7 Å². The van der Waals surface area contributed by atoms with Gasteiger partial charge in [-0.2, -0.15) is 0 Å². The van der Waals surface area contributed by atoms with Gasteiger partial charge >= 0.3 is 0 Å². The van der Waals surface area contributed by atoms with Gasteiger partial charge in [0.15, 0.2) is 5.82 Å². The van der Waals surface area contributed by atoms with Crippen LogP contribution in [0.25, 0.3) is 111 Å². The van der Waals surface area contributed by atoms with Crippen molar-refractivity contribution in [2.45, 2.75) is 0 Å². The number of nitrogens with zero attached hydrogens (tertiary/aromatic N) is 4. The van der Waals surface area contributed by atoms with E-state index in [0.29, 0.717) is 5.82 Å². The lowest BCUT2D eigenvalue weighted by Gasteiger charge is -2.21. The molecule has 0 unspecified atom stereocenters. The molecule has 3 heterocycles. The smallest absolute Gasteiger partial charge is 0.160 e. The third-order valence-electron chi connectivity index (χ3n) is 12.1. The van der Waals surface area contributed by atoms with E-state index in [0.717, 1.165) is 72.7 Å². The van der Waals surface area contributed by atoms with E-state index in [1.807, 2.05) is 24.3 Å². The largest absolute Gasteiger partial charge is 0.309 e. The van der Waals surface area contributed by atoms with Gasteiger partial charge in [-0.15, -0.1) is 0 Å². The Hall–Kier alpha value is -8.34. The van der Waals surface area contributed by atoms with Gasteiger partial charge in [0.1, 0.15) is 0 Å². The summed E-state index contributed by atoms with van der Waals surface area (Å²) in [5.41, 5.74) is 16.1. The minimum atomic E-state index is 0.690. The fourth-order valence-electron chi connectivity index (χ4n) is 9.31. The Balaban J connectivity index is 1.16. The molecular formula is C58H38N4. The van der Waals surface area contributed by atoms with Crippen molar-refractivity contribution in [2.75, 3.05) is 0 Å². The Kier molecular flexibility index (Phi) is 8.46. The average Bonchev–Trinajstić information content (AvgIpc) is 3.87. The van der Waals surface area contributed by atoms with Crippen molar-refractivity contribution in [1.29, 1.82) is 0 Å².